The molecule has 0 spiro atoms. The third kappa shape index (κ3) is 4.25. The molecule has 4 heteroatoms. The van der Waals surface area contributed by atoms with Crippen LogP contribution in [-0.2, 0) is 4.79 Å². The number of amides is 1. The fraction of sp³-hybridized carbons (Fsp3) is 0.476. The third-order valence-corrected chi connectivity index (χ3v) is 5.18. The summed E-state index contributed by atoms with van der Waals surface area (Å²) < 4.78 is 0. The van der Waals surface area contributed by atoms with E-state index in [9.17, 15) is 14.4 Å². The second kappa shape index (κ2) is 8.24. The van der Waals surface area contributed by atoms with Crippen molar-refractivity contribution >= 4 is 17.5 Å². The van der Waals surface area contributed by atoms with Crippen molar-refractivity contribution in [3.05, 3.63) is 47.0 Å². The molecule has 3 rings (SSSR count). The second-order valence-corrected chi connectivity index (χ2v) is 6.99. The molecule has 0 unspecified atom stereocenters. The van der Waals surface area contributed by atoms with Gasteiger partial charge in [-0.15, -0.1) is 0 Å². The molecule has 1 N–H and O–H groups in total. The van der Waals surface area contributed by atoms with Gasteiger partial charge < -0.3 is 5.32 Å². The molecular weight excluding hydrogens is 314 g/mol. The van der Waals surface area contributed by atoms with E-state index >= 15 is 0 Å². The first kappa shape index (κ1) is 17.6. The molecule has 1 aromatic rings. The predicted molar refractivity (Wildman–Crippen MR) is 96.6 cm³/mol. The van der Waals surface area contributed by atoms with Crippen LogP contribution in [0.4, 0.5) is 0 Å². The van der Waals surface area contributed by atoms with Gasteiger partial charge in [-0.1, -0.05) is 43.5 Å². The topological polar surface area (TPSA) is 63.2 Å². The summed E-state index contributed by atoms with van der Waals surface area (Å²) in [6, 6.07) is 6.97. The van der Waals surface area contributed by atoms with Crippen LogP contribution in [0.25, 0.3) is 0 Å². The Balaban J connectivity index is 1.43. The number of allylic oxidation sites excluding steroid dienone is 2. The number of carbonyl (C=O) groups excluding carboxylic acids is 3. The van der Waals surface area contributed by atoms with Crippen molar-refractivity contribution in [2.24, 2.45) is 5.92 Å². The normalized spacial score (nSPS) is 17.8. The Morgan fingerprint density at radius 2 is 1.72 bits per heavy atom. The molecule has 0 atom stereocenters. The monoisotopic (exact) mass is 339 g/mol. The molecule has 25 heavy (non-hydrogen) atoms. The number of rotatable bonds is 6. The molecule has 0 aromatic heterocycles. The third-order valence-electron chi connectivity index (χ3n) is 5.18. The van der Waals surface area contributed by atoms with Gasteiger partial charge in [0.25, 0.3) is 0 Å². The van der Waals surface area contributed by atoms with Gasteiger partial charge in [0.2, 0.25) is 5.91 Å². The Bertz CT molecular complexity index is 699. The summed E-state index contributed by atoms with van der Waals surface area (Å²) >= 11 is 0. The lowest BCUT2D eigenvalue weighted by atomic mass is 9.87. The molecule has 4 nitrogen and oxygen atoms in total. The molecule has 0 heterocycles. The lowest BCUT2D eigenvalue weighted by molar-refractivity contribution is -0.125. The smallest absolute Gasteiger partial charge is 0.223 e. The van der Waals surface area contributed by atoms with E-state index < -0.39 is 0 Å². The number of Topliss-reactive ketones (excluding diaryl/α,β-unsaturated/α-hetero) is 1. The second-order valence-electron chi connectivity index (χ2n) is 6.99. The maximum atomic E-state index is 12.5. The maximum absolute atomic E-state index is 12.5. The first-order valence-corrected chi connectivity index (χ1v) is 9.33. The van der Waals surface area contributed by atoms with E-state index in [1.807, 2.05) is 0 Å². The van der Waals surface area contributed by atoms with Crippen molar-refractivity contribution in [2.45, 2.75) is 51.4 Å². The first-order valence-electron chi connectivity index (χ1n) is 9.33. The van der Waals surface area contributed by atoms with E-state index in [1.165, 1.54) is 12.5 Å². The average molecular weight is 339 g/mol. The zero-order valence-electron chi connectivity index (χ0n) is 14.6. The van der Waals surface area contributed by atoms with Crippen molar-refractivity contribution in [1.29, 1.82) is 0 Å². The number of benzene rings is 1. The number of hydrogen-bond acceptors (Lipinski definition) is 3. The van der Waals surface area contributed by atoms with Crippen LogP contribution in [0.5, 0.6) is 0 Å². The highest BCUT2D eigenvalue weighted by Crippen LogP contribution is 2.25. The van der Waals surface area contributed by atoms with Crippen molar-refractivity contribution < 1.29 is 14.4 Å². The molecule has 1 saturated carbocycles. The van der Waals surface area contributed by atoms with E-state index in [2.05, 4.69) is 5.32 Å². The van der Waals surface area contributed by atoms with Crippen LogP contribution in [0.2, 0.25) is 0 Å². The minimum atomic E-state index is -0.0872. The number of nitrogens with one attached hydrogen (secondary N) is 1. The lowest BCUT2D eigenvalue weighted by Gasteiger charge is -2.20. The van der Waals surface area contributed by atoms with Gasteiger partial charge in [0.15, 0.2) is 11.6 Å². The number of fused-ring (bicyclic) bond motifs is 1. The van der Waals surface area contributed by atoms with E-state index in [0.29, 0.717) is 29.7 Å². The summed E-state index contributed by atoms with van der Waals surface area (Å²) in [6.45, 7) is 0.640. The first-order chi connectivity index (χ1) is 12.2. The molecule has 0 aliphatic heterocycles. The molecular formula is C21H25NO3. The van der Waals surface area contributed by atoms with E-state index in [1.54, 1.807) is 24.3 Å². The van der Waals surface area contributed by atoms with Gasteiger partial charge in [0, 0.05) is 29.2 Å². The van der Waals surface area contributed by atoms with E-state index in [-0.39, 0.29) is 23.4 Å². The van der Waals surface area contributed by atoms with Crippen LogP contribution in [0.1, 0.15) is 72.1 Å². The maximum Gasteiger partial charge on any atom is 0.223 e. The highest BCUT2D eigenvalue weighted by molar-refractivity contribution is 6.24. The van der Waals surface area contributed by atoms with Crippen molar-refractivity contribution in [1.82, 2.24) is 5.32 Å². The van der Waals surface area contributed by atoms with Crippen LogP contribution in [0.3, 0.4) is 0 Å². The predicted octanol–water partition coefficient (Wildman–Crippen LogP) is 3.86. The molecule has 132 valence electrons. The van der Waals surface area contributed by atoms with Crippen molar-refractivity contribution in [3.8, 4) is 0 Å². The Hall–Kier alpha value is -2.23. The summed E-state index contributed by atoms with van der Waals surface area (Å²) in [5.41, 5.74) is 1.59. The fourth-order valence-corrected chi connectivity index (χ4v) is 3.72. The number of hydrogen-bond donors (Lipinski definition) is 1. The Morgan fingerprint density at radius 3 is 2.48 bits per heavy atom. The van der Waals surface area contributed by atoms with Crippen LogP contribution >= 0.6 is 0 Å². The molecule has 1 amide bonds. The molecule has 1 fully saturated rings. The minimum absolute atomic E-state index is 0.0403. The Labute approximate surface area is 148 Å². The molecule has 2 aliphatic carbocycles. The highest BCUT2D eigenvalue weighted by Gasteiger charge is 2.24. The summed E-state index contributed by atoms with van der Waals surface area (Å²) in [7, 11) is 0. The van der Waals surface area contributed by atoms with Gasteiger partial charge in [-0.25, -0.2) is 0 Å². The van der Waals surface area contributed by atoms with E-state index in [4.69, 9.17) is 0 Å². The van der Waals surface area contributed by atoms with Crippen molar-refractivity contribution in [2.75, 3.05) is 6.54 Å². The van der Waals surface area contributed by atoms with Gasteiger partial charge in [-0.3, -0.25) is 14.4 Å². The van der Waals surface area contributed by atoms with Gasteiger partial charge in [0.05, 0.1) is 0 Å². The van der Waals surface area contributed by atoms with Crippen LogP contribution in [0.15, 0.2) is 35.9 Å². The lowest BCUT2D eigenvalue weighted by Crippen LogP contribution is -2.32. The van der Waals surface area contributed by atoms with Crippen LogP contribution in [-0.4, -0.2) is 24.0 Å². The summed E-state index contributed by atoms with van der Waals surface area (Å²) in [5, 5.41) is 3.02. The number of carbonyl (C=O) groups is 3. The zero-order chi connectivity index (χ0) is 17.6. The zero-order valence-corrected chi connectivity index (χ0v) is 14.6. The van der Waals surface area contributed by atoms with Crippen LogP contribution in [0, 0.1) is 5.92 Å². The number of unbranched alkanes of at least 4 members (excludes halogenated alkanes) is 1. The van der Waals surface area contributed by atoms with Gasteiger partial charge >= 0.3 is 0 Å². The van der Waals surface area contributed by atoms with Gasteiger partial charge in [-0.05, 0) is 38.2 Å². The summed E-state index contributed by atoms with van der Waals surface area (Å²) in [5.74, 6) is 0.236. The van der Waals surface area contributed by atoms with E-state index in [0.717, 1.165) is 38.5 Å². The molecule has 0 bridgehead atoms. The molecule has 0 radical (unpaired) electrons. The van der Waals surface area contributed by atoms with Crippen LogP contribution < -0.4 is 5.32 Å². The van der Waals surface area contributed by atoms with Gasteiger partial charge in [-0.2, -0.15) is 0 Å². The standard InChI is InChI=1S/C21H25NO3/c23-19-14-16(20(24)18-12-5-4-11-17(18)19)10-6-7-13-22-21(25)15-8-2-1-3-9-15/h4-5,11-12,14-15H,1-3,6-10,13H2,(H,22,25). The molecule has 2 aliphatic rings. The minimum Gasteiger partial charge on any atom is -0.356 e. The molecule has 1 aromatic carbocycles. The van der Waals surface area contributed by atoms with Crippen molar-refractivity contribution in [3.63, 3.8) is 0 Å². The Morgan fingerprint density at radius 1 is 1.00 bits per heavy atom. The fourth-order valence-electron chi connectivity index (χ4n) is 3.72. The molecule has 0 saturated heterocycles. The van der Waals surface area contributed by atoms with Gasteiger partial charge in [0.1, 0.15) is 0 Å². The summed E-state index contributed by atoms with van der Waals surface area (Å²) in [6.07, 6.45) is 9.24. The average Bonchev–Trinajstić information content (AvgIpc) is 2.66. The highest BCUT2D eigenvalue weighted by atomic mass is 16.2. The SMILES string of the molecule is O=C1C=C(CCCCNC(=O)C2CCCCC2)C(=O)c2ccccc21. The number of ketones is 2. The Kier molecular flexibility index (Phi) is 5.79. The summed E-state index contributed by atoms with van der Waals surface area (Å²) in [4.78, 5) is 36.6. The largest absolute Gasteiger partial charge is 0.356 e. The quantitative estimate of drug-likeness (QED) is 0.801.